The zero-order valence-corrected chi connectivity index (χ0v) is 30.7. The Morgan fingerprint density at radius 3 is 2.20 bits per heavy atom. The van der Waals surface area contributed by atoms with Gasteiger partial charge in [-0.05, 0) is 84.1 Å². The summed E-state index contributed by atoms with van der Waals surface area (Å²) in [5.41, 5.74) is 4.06. The number of sulfonamides is 1. The van der Waals surface area contributed by atoms with Crippen LogP contribution in [-0.2, 0) is 32.6 Å². The molecule has 0 spiro atoms. The van der Waals surface area contributed by atoms with Crippen LogP contribution >= 0.6 is 15.9 Å². The fourth-order valence-corrected chi connectivity index (χ4v) is 8.41. The van der Waals surface area contributed by atoms with Gasteiger partial charge in [0.2, 0.25) is 11.8 Å². The molecule has 258 valence electrons. The van der Waals surface area contributed by atoms with Crippen molar-refractivity contribution in [3.63, 3.8) is 0 Å². The third-order valence-corrected chi connectivity index (χ3v) is 11.4. The Hall–Kier alpha value is -4.15. The van der Waals surface area contributed by atoms with E-state index in [1.54, 1.807) is 23.1 Å². The fraction of sp³-hybridized carbons (Fsp3) is 0.333. The zero-order valence-electron chi connectivity index (χ0n) is 28.3. The maximum absolute atomic E-state index is 14.8. The van der Waals surface area contributed by atoms with Gasteiger partial charge in [-0.1, -0.05) is 97.1 Å². The third kappa shape index (κ3) is 9.30. The number of hydrogen-bond acceptors (Lipinski definition) is 5. The second kappa shape index (κ2) is 16.5. The Morgan fingerprint density at radius 1 is 0.857 bits per heavy atom. The lowest BCUT2D eigenvalue weighted by Gasteiger charge is -2.35. The highest BCUT2D eigenvalue weighted by atomic mass is 79.9. The third-order valence-electron chi connectivity index (χ3n) is 8.97. The molecule has 0 aromatic heterocycles. The van der Waals surface area contributed by atoms with Gasteiger partial charge in [0.25, 0.3) is 10.0 Å². The van der Waals surface area contributed by atoms with Crippen molar-refractivity contribution in [1.82, 2.24) is 10.2 Å². The molecule has 1 aliphatic rings. The standard InChI is InChI=1S/C39H44BrN3O5S/c1-28-17-19-33(20-18-28)43(49(46,47)34-21-22-37(48-3)35(40)25-34)27-38(44)42(26-31-14-10-11-29(2)23-31)36(24-30-12-6-4-7-13-30)39(45)41-32-15-8-5-9-16-32/h4,6-7,10-14,17-23,25,32,36H,5,8-9,15-16,24,26-27H2,1-3H3,(H,41,45)/t36-/m0/s1. The van der Waals surface area contributed by atoms with E-state index < -0.39 is 28.5 Å². The summed E-state index contributed by atoms with van der Waals surface area (Å²) in [4.78, 5) is 30.6. The highest BCUT2D eigenvalue weighted by Gasteiger charge is 2.35. The molecule has 1 saturated carbocycles. The summed E-state index contributed by atoms with van der Waals surface area (Å²) < 4.78 is 35.7. The summed E-state index contributed by atoms with van der Waals surface area (Å²) in [6, 6.07) is 28.1. The van der Waals surface area contributed by atoms with Crippen molar-refractivity contribution in [3.8, 4) is 5.75 Å². The van der Waals surface area contributed by atoms with Crippen LogP contribution in [0.25, 0.3) is 0 Å². The quantitative estimate of drug-likeness (QED) is 0.154. The van der Waals surface area contributed by atoms with Crippen LogP contribution in [0.15, 0.2) is 106 Å². The van der Waals surface area contributed by atoms with Crippen molar-refractivity contribution in [1.29, 1.82) is 0 Å². The first-order valence-corrected chi connectivity index (χ1v) is 18.9. The summed E-state index contributed by atoms with van der Waals surface area (Å²) in [5.74, 6) is -0.243. The van der Waals surface area contributed by atoms with Crippen molar-refractivity contribution in [3.05, 3.63) is 124 Å². The minimum absolute atomic E-state index is 0.00494. The minimum atomic E-state index is -4.25. The van der Waals surface area contributed by atoms with Gasteiger partial charge >= 0.3 is 0 Å². The van der Waals surface area contributed by atoms with Crippen molar-refractivity contribution >= 4 is 43.5 Å². The molecule has 0 bridgehead atoms. The Labute approximate surface area is 298 Å². The Morgan fingerprint density at radius 2 is 1.55 bits per heavy atom. The molecule has 5 rings (SSSR count). The molecule has 1 atom stereocenters. The second-order valence-electron chi connectivity index (χ2n) is 12.7. The average Bonchev–Trinajstić information content (AvgIpc) is 3.10. The highest BCUT2D eigenvalue weighted by Crippen LogP contribution is 2.31. The molecule has 10 heteroatoms. The lowest BCUT2D eigenvalue weighted by Crippen LogP contribution is -2.55. The Bertz CT molecular complexity index is 1840. The van der Waals surface area contributed by atoms with E-state index in [-0.39, 0.29) is 29.8 Å². The molecule has 0 unspecified atom stereocenters. The van der Waals surface area contributed by atoms with E-state index in [1.807, 2.05) is 80.6 Å². The predicted octanol–water partition coefficient (Wildman–Crippen LogP) is 7.36. The number of methoxy groups -OCH3 is 1. The first-order valence-electron chi connectivity index (χ1n) is 16.7. The number of aryl methyl sites for hydroxylation is 2. The van der Waals surface area contributed by atoms with Crippen molar-refractivity contribution < 1.29 is 22.7 Å². The Kier molecular flexibility index (Phi) is 12.2. The zero-order chi connectivity index (χ0) is 35.0. The number of carbonyl (C=O) groups is 2. The van der Waals surface area contributed by atoms with Crippen LogP contribution in [0.5, 0.6) is 5.75 Å². The minimum Gasteiger partial charge on any atom is -0.496 e. The van der Waals surface area contributed by atoms with E-state index >= 15 is 0 Å². The van der Waals surface area contributed by atoms with Crippen molar-refractivity contribution in [2.45, 2.75) is 75.9 Å². The van der Waals surface area contributed by atoms with Gasteiger partial charge < -0.3 is 15.0 Å². The number of hydrogen-bond donors (Lipinski definition) is 1. The largest absolute Gasteiger partial charge is 0.496 e. The van der Waals surface area contributed by atoms with Gasteiger partial charge in [0, 0.05) is 19.0 Å². The number of halogens is 1. The number of benzene rings is 4. The van der Waals surface area contributed by atoms with Crippen molar-refractivity contribution in [2.75, 3.05) is 18.0 Å². The van der Waals surface area contributed by atoms with E-state index in [0.717, 1.165) is 58.7 Å². The highest BCUT2D eigenvalue weighted by molar-refractivity contribution is 9.10. The predicted molar refractivity (Wildman–Crippen MR) is 197 cm³/mol. The molecular weight excluding hydrogens is 702 g/mol. The monoisotopic (exact) mass is 745 g/mol. The number of anilines is 1. The molecule has 1 N–H and O–H groups in total. The number of ether oxygens (including phenoxy) is 1. The molecule has 49 heavy (non-hydrogen) atoms. The lowest BCUT2D eigenvalue weighted by atomic mass is 9.94. The van der Waals surface area contributed by atoms with Gasteiger partial charge in [-0.3, -0.25) is 13.9 Å². The van der Waals surface area contributed by atoms with Crippen LogP contribution in [0, 0.1) is 13.8 Å². The number of amides is 2. The number of nitrogens with one attached hydrogen (secondary N) is 1. The molecule has 1 aliphatic carbocycles. The van der Waals surface area contributed by atoms with E-state index in [1.165, 1.54) is 19.2 Å². The number of nitrogens with zero attached hydrogens (tertiary/aromatic N) is 2. The van der Waals surface area contributed by atoms with E-state index in [0.29, 0.717) is 15.9 Å². The normalized spacial score (nSPS) is 14.1. The van der Waals surface area contributed by atoms with Gasteiger partial charge in [-0.15, -0.1) is 0 Å². The van der Waals surface area contributed by atoms with Crippen LogP contribution in [-0.4, -0.2) is 50.9 Å². The van der Waals surface area contributed by atoms with Crippen LogP contribution < -0.4 is 14.4 Å². The van der Waals surface area contributed by atoms with Gasteiger partial charge in [0.05, 0.1) is 22.2 Å². The SMILES string of the molecule is COc1ccc(S(=O)(=O)N(CC(=O)N(Cc2cccc(C)c2)[C@@H](Cc2ccccc2)C(=O)NC2CCCCC2)c2ccc(C)cc2)cc1Br. The molecule has 0 aliphatic heterocycles. The average molecular weight is 747 g/mol. The van der Waals surface area contributed by atoms with Gasteiger partial charge in [0.15, 0.2) is 0 Å². The molecule has 8 nitrogen and oxygen atoms in total. The fourth-order valence-electron chi connectivity index (χ4n) is 6.28. The second-order valence-corrected chi connectivity index (χ2v) is 15.4. The summed E-state index contributed by atoms with van der Waals surface area (Å²) in [7, 11) is -2.75. The van der Waals surface area contributed by atoms with Crippen molar-refractivity contribution in [2.24, 2.45) is 0 Å². The molecule has 4 aromatic carbocycles. The van der Waals surface area contributed by atoms with Gasteiger partial charge in [0.1, 0.15) is 18.3 Å². The number of rotatable bonds is 13. The summed E-state index contributed by atoms with van der Waals surface area (Å²) in [6.07, 6.45) is 5.31. The lowest BCUT2D eigenvalue weighted by molar-refractivity contribution is -0.140. The van der Waals surface area contributed by atoms with Crippen LogP contribution in [0.1, 0.15) is 54.4 Å². The number of carbonyl (C=O) groups excluding carboxylic acids is 2. The molecular formula is C39H44BrN3O5S. The smallest absolute Gasteiger partial charge is 0.264 e. The topological polar surface area (TPSA) is 96.0 Å². The summed E-state index contributed by atoms with van der Waals surface area (Å²) in [6.45, 7) is 3.51. The van der Waals surface area contributed by atoms with E-state index in [2.05, 4.69) is 21.2 Å². The molecule has 1 fully saturated rings. The molecule has 0 heterocycles. The first kappa shape index (κ1) is 36.1. The summed E-state index contributed by atoms with van der Waals surface area (Å²) in [5, 5.41) is 3.25. The van der Waals surface area contributed by atoms with Crippen LogP contribution in [0.3, 0.4) is 0 Å². The maximum Gasteiger partial charge on any atom is 0.264 e. The maximum atomic E-state index is 14.8. The van der Waals surface area contributed by atoms with E-state index in [9.17, 15) is 18.0 Å². The Balaban J connectivity index is 1.57. The van der Waals surface area contributed by atoms with Gasteiger partial charge in [-0.2, -0.15) is 0 Å². The van der Waals surface area contributed by atoms with Crippen LogP contribution in [0.2, 0.25) is 0 Å². The molecule has 0 saturated heterocycles. The molecule has 0 radical (unpaired) electrons. The first-order chi connectivity index (χ1) is 23.5. The molecule has 2 amide bonds. The van der Waals surface area contributed by atoms with Crippen LogP contribution in [0.4, 0.5) is 5.69 Å². The molecule has 4 aromatic rings. The van der Waals surface area contributed by atoms with E-state index in [4.69, 9.17) is 4.74 Å². The van der Waals surface area contributed by atoms with Gasteiger partial charge in [-0.25, -0.2) is 8.42 Å². The summed E-state index contributed by atoms with van der Waals surface area (Å²) >= 11 is 3.41.